The van der Waals surface area contributed by atoms with Gasteiger partial charge in [-0.15, -0.1) is 0 Å². The Bertz CT molecular complexity index is 750. The average molecular weight is 372 g/mol. The molecule has 0 saturated carbocycles. The van der Waals surface area contributed by atoms with E-state index in [0.717, 1.165) is 17.7 Å². The van der Waals surface area contributed by atoms with E-state index >= 15 is 0 Å². The van der Waals surface area contributed by atoms with Crippen LogP contribution in [0.5, 0.6) is 17.2 Å². The summed E-state index contributed by atoms with van der Waals surface area (Å²) in [6.45, 7) is 2.14. The second-order valence-electron chi connectivity index (χ2n) is 6.12. The molecule has 1 aromatic rings. The Kier molecular flexibility index (Phi) is 5.38. The SMILES string of the molecule is COCCCNS(=O)(=O)c1c2c(c(OC)c3c1OCO3)CN(C)CC2. The van der Waals surface area contributed by atoms with E-state index in [1.807, 2.05) is 7.05 Å². The van der Waals surface area contributed by atoms with Crippen molar-refractivity contribution in [3.05, 3.63) is 11.1 Å². The Morgan fingerprint density at radius 3 is 2.68 bits per heavy atom. The van der Waals surface area contributed by atoms with Crippen LogP contribution >= 0.6 is 0 Å². The smallest absolute Gasteiger partial charge is 0.244 e. The third-order valence-corrected chi connectivity index (χ3v) is 5.95. The van der Waals surface area contributed by atoms with E-state index in [1.165, 1.54) is 0 Å². The number of nitrogens with zero attached hydrogens (tertiary/aromatic N) is 1. The highest BCUT2D eigenvalue weighted by atomic mass is 32.2. The standard InChI is InChI=1S/C16H24N2O6S/c1-18-7-5-11-12(9-18)13(22-3)14-15(24-10-23-14)16(11)25(19,20)17-6-4-8-21-2/h17H,4-10H2,1-3H3. The number of methoxy groups -OCH3 is 2. The van der Waals surface area contributed by atoms with Crippen molar-refractivity contribution in [2.45, 2.75) is 24.3 Å². The maximum atomic E-state index is 13.0. The lowest BCUT2D eigenvalue weighted by molar-refractivity contribution is 0.169. The topological polar surface area (TPSA) is 86.3 Å². The van der Waals surface area contributed by atoms with Gasteiger partial charge in [0, 0.05) is 38.9 Å². The van der Waals surface area contributed by atoms with Gasteiger partial charge in [-0.05, 0) is 25.5 Å². The summed E-state index contributed by atoms with van der Waals surface area (Å²) in [7, 11) is 1.40. The third-order valence-electron chi connectivity index (χ3n) is 4.40. The summed E-state index contributed by atoms with van der Waals surface area (Å²) in [5, 5.41) is 0. The van der Waals surface area contributed by atoms with Crippen LogP contribution in [0.25, 0.3) is 0 Å². The quantitative estimate of drug-likeness (QED) is 0.706. The van der Waals surface area contributed by atoms with Crippen LogP contribution in [0.2, 0.25) is 0 Å². The molecule has 140 valence electrons. The minimum absolute atomic E-state index is 0.0172. The van der Waals surface area contributed by atoms with Crippen molar-refractivity contribution >= 4 is 10.0 Å². The molecule has 0 saturated heterocycles. The molecule has 25 heavy (non-hydrogen) atoms. The van der Waals surface area contributed by atoms with Crippen LogP contribution in [0.15, 0.2) is 4.90 Å². The summed E-state index contributed by atoms with van der Waals surface area (Å²) in [6.07, 6.45) is 1.20. The lowest BCUT2D eigenvalue weighted by atomic mass is 9.97. The van der Waals surface area contributed by atoms with Crippen LogP contribution in [-0.4, -0.2) is 61.1 Å². The van der Waals surface area contributed by atoms with E-state index in [-0.39, 0.29) is 17.4 Å². The zero-order valence-electron chi connectivity index (χ0n) is 14.8. The number of hydrogen-bond donors (Lipinski definition) is 1. The number of ether oxygens (including phenoxy) is 4. The lowest BCUT2D eigenvalue weighted by Gasteiger charge is -2.29. The normalized spacial score (nSPS) is 16.8. The van der Waals surface area contributed by atoms with Crippen molar-refractivity contribution < 1.29 is 27.4 Å². The molecule has 1 N–H and O–H groups in total. The van der Waals surface area contributed by atoms with Crippen LogP contribution in [0.1, 0.15) is 17.5 Å². The van der Waals surface area contributed by atoms with E-state index in [1.54, 1.807) is 14.2 Å². The van der Waals surface area contributed by atoms with Crippen molar-refractivity contribution in [1.29, 1.82) is 0 Å². The Labute approximate surface area is 148 Å². The fourth-order valence-corrected chi connectivity index (χ4v) is 4.75. The van der Waals surface area contributed by atoms with Crippen LogP contribution in [0, 0.1) is 0 Å². The van der Waals surface area contributed by atoms with Gasteiger partial charge < -0.3 is 23.8 Å². The van der Waals surface area contributed by atoms with Gasteiger partial charge in [-0.25, -0.2) is 13.1 Å². The predicted molar refractivity (Wildman–Crippen MR) is 90.8 cm³/mol. The Balaban J connectivity index is 2.07. The molecule has 0 fully saturated rings. The molecule has 2 aliphatic rings. The highest BCUT2D eigenvalue weighted by Crippen LogP contribution is 2.51. The first kappa shape index (κ1) is 18.2. The molecule has 0 radical (unpaired) electrons. The van der Waals surface area contributed by atoms with Crippen LogP contribution in [0.3, 0.4) is 0 Å². The average Bonchev–Trinajstić information content (AvgIpc) is 3.05. The molecule has 8 nitrogen and oxygen atoms in total. The predicted octanol–water partition coefficient (Wildman–Crippen LogP) is 0.727. The molecule has 3 rings (SSSR count). The van der Waals surface area contributed by atoms with Gasteiger partial charge in [-0.2, -0.15) is 0 Å². The Morgan fingerprint density at radius 2 is 1.96 bits per heavy atom. The third kappa shape index (κ3) is 3.41. The molecule has 9 heteroatoms. The number of nitrogens with one attached hydrogen (secondary N) is 1. The van der Waals surface area contributed by atoms with Gasteiger partial charge in [0.05, 0.1) is 7.11 Å². The highest BCUT2D eigenvalue weighted by Gasteiger charge is 2.37. The molecule has 0 atom stereocenters. The summed E-state index contributed by atoms with van der Waals surface area (Å²) in [4.78, 5) is 2.30. The van der Waals surface area contributed by atoms with Crippen LogP contribution in [-0.2, 0) is 27.7 Å². The Morgan fingerprint density at radius 1 is 1.20 bits per heavy atom. The maximum Gasteiger partial charge on any atom is 0.244 e. The number of sulfonamides is 1. The van der Waals surface area contributed by atoms with Crippen molar-refractivity contribution in [2.24, 2.45) is 0 Å². The Hall–Kier alpha value is -1.55. The molecular weight excluding hydrogens is 348 g/mol. The van der Waals surface area contributed by atoms with E-state index in [9.17, 15) is 8.42 Å². The highest BCUT2D eigenvalue weighted by molar-refractivity contribution is 7.89. The molecular formula is C16H24N2O6S. The minimum atomic E-state index is -3.73. The first-order chi connectivity index (χ1) is 12.0. The van der Waals surface area contributed by atoms with E-state index in [2.05, 4.69) is 9.62 Å². The summed E-state index contributed by atoms with van der Waals surface area (Å²) < 4.78 is 50.1. The van der Waals surface area contributed by atoms with E-state index in [4.69, 9.17) is 18.9 Å². The summed E-state index contributed by atoms with van der Waals surface area (Å²) in [6, 6.07) is 0. The van der Waals surface area contributed by atoms with Crippen molar-refractivity contribution in [1.82, 2.24) is 9.62 Å². The number of rotatable bonds is 7. The van der Waals surface area contributed by atoms with Gasteiger partial charge >= 0.3 is 0 Å². The van der Waals surface area contributed by atoms with Crippen molar-refractivity contribution in [3.63, 3.8) is 0 Å². The molecule has 0 spiro atoms. The minimum Gasteiger partial charge on any atom is -0.492 e. The molecule has 0 aliphatic carbocycles. The number of likely N-dealkylation sites (N-methyl/N-ethyl adjacent to an activating group) is 1. The van der Waals surface area contributed by atoms with Crippen molar-refractivity contribution in [2.75, 3.05) is 47.8 Å². The van der Waals surface area contributed by atoms with E-state index in [0.29, 0.717) is 44.0 Å². The van der Waals surface area contributed by atoms with Crippen LogP contribution in [0.4, 0.5) is 0 Å². The molecule has 0 bridgehead atoms. The summed E-state index contributed by atoms with van der Waals surface area (Å²) in [5.41, 5.74) is 1.59. The first-order valence-electron chi connectivity index (χ1n) is 8.18. The lowest BCUT2D eigenvalue weighted by Crippen LogP contribution is -2.31. The molecule has 2 aliphatic heterocycles. The van der Waals surface area contributed by atoms with Gasteiger partial charge in [0.15, 0.2) is 11.5 Å². The fourth-order valence-electron chi connectivity index (χ4n) is 3.24. The second kappa shape index (κ2) is 7.36. The number of benzene rings is 1. The van der Waals surface area contributed by atoms with Gasteiger partial charge in [0.25, 0.3) is 0 Å². The zero-order chi connectivity index (χ0) is 18.0. The van der Waals surface area contributed by atoms with Gasteiger partial charge in [-0.1, -0.05) is 0 Å². The van der Waals surface area contributed by atoms with E-state index < -0.39 is 10.0 Å². The first-order valence-corrected chi connectivity index (χ1v) is 9.66. The zero-order valence-corrected chi connectivity index (χ0v) is 15.6. The molecule has 0 aromatic heterocycles. The number of hydrogen-bond acceptors (Lipinski definition) is 7. The van der Waals surface area contributed by atoms with Crippen molar-refractivity contribution in [3.8, 4) is 17.2 Å². The monoisotopic (exact) mass is 372 g/mol. The van der Waals surface area contributed by atoms with Gasteiger partial charge in [-0.3, -0.25) is 0 Å². The summed E-state index contributed by atoms with van der Waals surface area (Å²) in [5.74, 6) is 1.18. The van der Waals surface area contributed by atoms with Gasteiger partial charge in [0.2, 0.25) is 22.6 Å². The summed E-state index contributed by atoms with van der Waals surface area (Å²) >= 11 is 0. The molecule has 0 amide bonds. The van der Waals surface area contributed by atoms with Gasteiger partial charge in [0.1, 0.15) is 4.90 Å². The molecule has 2 heterocycles. The largest absolute Gasteiger partial charge is 0.492 e. The molecule has 0 unspecified atom stereocenters. The second-order valence-corrected chi connectivity index (χ2v) is 7.82. The van der Waals surface area contributed by atoms with Crippen LogP contribution < -0.4 is 18.9 Å². The maximum absolute atomic E-state index is 13.0. The number of fused-ring (bicyclic) bond motifs is 2. The molecule has 1 aromatic carbocycles. The fraction of sp³-hybridized carbons (Fsp3) is 0.625.